The van der Waals surface area contributed by atoms with Crippen molar-refractivity contribution >= 4 is 11.6 Å². The van der Waals surface area contributed by atoms with Crippen LogP contribution in [0.1, 0.15) is 5.56 Å². The third kappa shape index (κ3) is 3.73. The Morgan fingerprint density at radius 1 is 1.30 bits per heavy atom. The van der Waals surface area contributed by atoms with Gasteiger partial charge in [0.15, 0.2) is 0 Å². The number of ether oxygens (including phenoxy) is 1. The summed E-state index contributed by atoms with van der Waals surface area (Å²) in [5, 5.41) is 2.79. The van der Waals surface area contributed by atoms with Gasteiger partial charge in [0.05, 0.1) is 18.8 Å². The van der Waals surface area contributed by atoms with Crippen LogP contribution in [0, 0.1) is 0 Å². The number of aromatic nitrogens is 1. The minimum absolute atomic E-state index is 0.187. The van der Waals surface area contributed by atoms with Crippen LogP contribution in [-0.4, -0.2) is 44.4 Å². The summed E-state index contributed by atoms with van der Waals surface area (Å²) in [7, 11) is 0. The number of halogens is 3. The van der Waals surface area contributed by atoms with Gasteiger partial charge in [0.2, 0.25) is 0 Å². The summed E-state index contributed by atoms with van der Waals surface area (Å²) < 4.78 is 43.9. The number of anilines is 2. The molecule has 0 unspecified atom stereocenters. The molecule has 1 aromatic rings. The second kappa shape index (κ2) is 6.27. The highest BCUT2D eigenvalue weighted by atomic mass is 19.4. The van der Waals surface area contributed by atoms with E-state index in [0.29, 0.717) is 45.2 Å². The molecule has 0 aliphatic carbocycles. The number of nitrogens with two attached hydrogens (primary N) is 1. The summed E-state index contributed by atoms with van der Waals surface area (Å²) >= 11 is 0. The Labute approximate surface area is 114 Å². The maximum absolute atomic E-state index is 12.9. The van der Waals surface area contributed by atoms with Crippen LogP contribution in [0.15, 0.2) is 12.1 Å². The first-order chi connectivity index (χ1) is 9.50. The molecule has 0 bridgehead atoms. The van der Waals surface area contributed by atoms with Crippen molar-refractivity contribution in [2.45, 2.75) is 6.18 Å². The molecule has 1 aliphatic heterocycles. The highest BCUT2D eigenvalue weighted by Gasteiger charge is 2.32. The van der Waals surface area contributed by atoms with Gasteiger partial charge in [-0.2, -0.15) is 13.2 Å². The van der Waals surface area contributed by atoms with Gasteiger partial charge in [-0.25, -0.2) is 4.98 Å². The Balaban J connectivity index is 2.29. The second-order valence-corrected chi connectivity index (χ2v) is 4.41. The van der Waals surface area contributed by atoms with Crippen molar-refractivity contribution in [3.63, 3.8) is 0 Å². The van der Waals surface area contributed by atoms with Gasteiger partial charge in [-0.05, 0) is 12.1 Å². The van der Waals surface area contributed by atoms with Crippen LogP contribution >= 0.6 is 0 Å². The molecule has 1 aromatic heterocycles. The molecule has 112 valence electrons. The van der Waals surface area contributed by atoms with Gasteiger partial charge >= 0.3 is 6.18 Å². The average Bonchev–Trinajstić information content (AvgIpc) is 2.45. The molecular weight excluding hydrogens is 273 g/mol. The molecule has 0 saturated carbocycles. The predicted octanol–water partition coefficient (Wildman–Crippen LogP) is 1.31. The fourth-order valence-corrected chi connectivity index (χ4v) is 1.92. The molecule has 3 N–H and O–H groups in total. The lowest BCUT2D eigenvalue weighted by atomic mass is 10.2. The van der Waals surface area contributed by atoms with Crippen LogP contribution in [0.5, 0.6) is 0 Å². The van der Waals surface area contributed by atoms with Gasteiger partial charge in [-0.1, -0.05) is 0 Å². The van der Waals surface area contributed by atoms with Crippen LogP contribution in [-0.2, 0) is 10.9 Å². The molecule has 2 rings (SSSR count). The standard InChI is InChI=1S/C12H17F3N4O/c13-12(14,15)9-7-10(17-2-1-16)18-11(8-9)19-3-5-20-6-4-19/h7-8H,1-6,16H2,(H,17,18). The van der Waals surface area contributed by atoms with Crippen molar-refractivity contribution in [1.29, 1.82) is 0 Å². The van der Waals surface area contributed by atoms with Crippen molar-refractivity contribution in [3.05, 3.63) is 17.7 Å². The van der Waals surface area contributed by atoms with Crippen molar-refractivity contribution < 1.29 is 17.9 Å². The van der Waals surface area contributed by atoms with Gasteiger partial charge in [0, 0.05) is 26.2 Å². The Morgan fingerprint density at radius 3 is 2.60 bits per heavy atom. The summed E-state index contributed by atoms with van der Waals surface area (Å²) in [6.07, 6.45) is -4.40. The summed E-state index contributed by atoms with van der Waals surface area (Å²) in [6.45, 7) is 2.74. The van der Waals surface area contributed by atoms with Crippen LogP contribution < -0.4 is 16.0 Å². The van der Waals surface area contributed by atoms with E-state index in [0.717, 1.165) is 12.1 Å². The van der Waals surface area contributed by atoms with E-state index in [-0.39, 0.29) is 5.82 Å². The largest absolute Gasteiger partial charge is 0.416 e. The third-order valence-corrected chi connectivity index (χ3v) is 2.92. The number of hydrogen-bond acceptors (Lipinski definition) is 5. The number of morpholine rings is 1. The van der Waals surface area contributed by atoms with Crippen molar-refractivity contribution in [1.82, 2.24) is 4.98 Å². The predicted molar refractivity (Wildman–Crippen MR) is 69.8 cm³/mol. The lowest BCUT2D eigenvalue weighted by Gasteiger charge is -2.28. The van der Waals surface area contributed by atoms with Crippen molar-refractivity contribution in [2.75, 3.05) is 49.6 Å². The molecule has 1 fully saturated rings. The molecule has 0 aromatic carbocycles. The van der Waals surface area contributed by atoms with Crippen LogP contribution in [0.2, 0.25) is 0 Å². The molecule has 20 heavy (non-hydrogen) atoms. The number of hydrogen-bond donors (Lipinski definition) is 2. The summed E-state index contributed by atoms with van der Waals surface area (Å²) in [5.74, 6) is 0.495. The molecule has 1 saturated heterocycles. The molecule has 0 radical (unpaired) electrons. The Morgan fingerprint density at radius 2 is 2.00 bits per heavy atom. The zero-order valence-corrected chi connectivity index (χ0v) is 10.9. The first kappa shape index (κ1) is 14.9. The van der Waals surface area contributed by atoms with E-state index in [1.165, 1.54) is 0 Å². The first-order valence-electron chi connectivity index (χ1n) is 6.36. The van der Waals surface area contributed by atoms with E-state index in [9.17, 15) is 13.2 Å². The molecule has 0 spiro atoms. The highest BCUT2D eigenvalue weighted by Crippen LogP contribution is 2.33. The van der Waals surface area contributed by atoms with Crippen molar-refractivity contribution in [3.8, 4) is 0 Å². The average molecular weight is 290 g/mol. The van der Waals surface area contributed by atoms with Gasteiger partial charge in [0.1, 0.15) is 11.6 Å². The van der Waals surface area contributed by atoms with Crippen LogP contribution in [0.4, 0.5) is 24.8 Å². The SMILES string of the molecule is NCCNc1cc(C(F)(F)F)cc(N2CCOCC2)n1. The van der Waals surface area contributed by atoms with E-state index in [1.54, 1.807) is 4.90 Å². The Kier molecular flexibility index (Phi) is 4.66. The lowest BCUT2D eigenvalue weighted by molar-refractivity contribution is -0.137. The number of rotatable bonds is 4. The molecular formula is C12H17F3N4O. The Bertz CT molecular complexity index is 447. The minimum Gasteiger partial charge on any atom is -0.378 e. The second-order valence-electron chi connectivity index (χ2n) is 4.41. The first-order valence-corrected chi connectivity index (χ1v) is 6.36. The number of pyridine rings is 1. The number of alkyl halides is 3. The Hall–Kier alpha value is -1.54. The van der Waals surface area contributed by atoms with E-state index >= 15 is 0 Å². The molecule has 2 heterocycles. The fourth-order valence-electron chi connectivity index (χ4n) is 1.92. The quantitative estimate of drug-likeness (QED) is 0.875. The maximum Gasteiger partial charge on any atom is 0.416 e. The highest BCUT2D eigenvalue weighted by molar-refractivity contribution is 5.51. The molecule has 1 aliphatic rings. The van der Waals surface area contributed by atoms with E-state index in [1.807, 2.05) is 0 Å². The fraction of sp³-hybridized carbons (Fsp3) is 0.583. The summed E-state index contributed by atoms with van der Waals surface area (Å²) in [4.78, 5) is 6.00. The minimum atomic E-state index is -4.40. The number of nitrogens with zero attached hydrogens (tertiary/aromatic N) is 2. The van der Waals surface area contributed by atoms with Gasteiger partial charge in [-0.3, -0.25) is 0 Å². The monoisotopic (exact) mass is 290 g/mol. The van der Waals surface area contributed by atoms with Gasteiger partial charge < -0.3 is 20.7 Å². The van der Waals surface area contributed by atoms with E-state index < -0.39 is 11.7 Å². The molecule has 0 atom stereocenters. The van der Waals surface area contributed by atoms with Gasteiger partial charge in [-0.15, -0.1) is 0 Å². The van der Waals surface area contributed by atoms with Crippen LogP contribution in [0.25, 0.3) is 0 Å². The smallest absolute Gasteiger partial charge is 0.378 e. The third-order valence-electron chi connectivity index (χ3n) is 2.92. The molecule has 8 heteroatoms. The van der Waals surface area contributed by atoms with E-state index in [2.05, 4.69) is 10.3 Å². The van der Waals surface area contributed by atoms with Crippen LogP contribution in [0.3, 0.4) is 0 Å². The zero-order chi connectivity index (χ0) is 14.6. The normalized spacial score (nSPS) is 16.3. The van der Waals surface area contributed by atoms with Crippen molar-refractivity contribution in [2.24, 2.45) is 5.73 Å². The number of nitrogens with one attached hydrogen (secondary N) is 1. The summed E-state index contributed by atoms with van der Waals surface area (Å²) in [5.41, 5.74) is 4.63. The summed E-state index contributed by atoms with van der Waals surface area (Å²) in [6, 6.07) is 2.07. The topological polar surface area (TPSA) is 63.4 Å². The molecule has 0 amide bonds. The van der Waals surface area contributed by atoms with Gasteiger partial charge in [0.25, 0.3) is 0 Å². The van der Waals surface area contributed by atoms with E-state index in [4.69, 9.17) is 10.5 Å². The lowest BCUT2D eigenvalue weighted by Crippen LogP contribution is -2.37. The maximum atomic E-state index is 12.9. The molecule has 5 nitrogen and oxygen atoms in total. The zero-order valence-electron chi connectivity index (χ0n) is 10.9.